The van der Waals surface area contributed by atoms with Gasteiger partial charge in [-0.05, 0) is 13.8 Å². The van der Waals surface area contributed by atoms with Crippen LogP contribution in [0.5, 0.6) is 0 Å². The minimum Gasteiger partial charge on any atom is -0.327 e. The average Bonchev–Trinajstić information content (AvgIpc) is 2.33. The van der Waals surface area contributed by atoms with Crippen molar-refractivity contribution in [1.29, 1.82) is 0 Å². The summed E-state index contributed by atoms with van der Waals surface area (Å²) in [5.41, 5.74) is 5.46. The number of amides is 1. The molecular formula is C7H12N4OS. The van der Waals surface area contributed by atoms with Gasteiger partial charge in [0.05, 0.1) is 0 Å². The van der Waals surface area contributed by atoms with E-state index in [9.17, 15) is 4.79 Å². The lowest BCUT2D eigenvalue weighted by Crippen LogP contribution is -2.23. The van der Waals surface area contributed by atoms with Crippen molar-refractivity contribution in [1.82, 2.24) is 10.2 Å². The standard InChI is InChI=1S/C7H12N4OS/c1-4(8)3-6(12)9-7-11-10-5(2)13-7/h4H,3,8H2,1-2H3,(H,9,11,12). The molecule has 0 radical (unpaired) electrons. The van der Waals surface area contributed by atoms with Crippen LogP contribution in [0.1, 0.15) is 18.4 Å². The number of carbonyl (C=O) groups excluding carboxylic acids is 1. The summed E-state index contributed by atoms with van der Waals surface area (Å²) in [4.78, 5) is 11.2. The van der Waals surface area contributed by atoms with Gasteiger partial charge in [0.1, 0.15) is 5.01 Å². The first-order valence-electron chi connectivity index (χ1n) is 3.93. The maximum atomic E-state index is 11.2. The third-order valence-corrected chi connectivity index (χ3v) is 2.03. The van der Waals surface area contributed by atoms with Crippen molar-refractivity contribution >= 4 is 22.4 Å². The van der Waals surface area contributed by atoms with Gasteiger partial charge in [0.15, 0.2) is 0 Å². The fourth-order valence-corrected chi connectivity index (χ4v) is 1.42. The van der Waals surface area contributed by atoms with Crippen LogP contribution in [0, 0.1) is 6.92 Å². The van der Waals surface area contributed by atoms with Gasteiger partial charge in [0.2, 0.25) is 11.0 Å². The van der Waals surface area contributed by atoms with E-state index in [1.165, 1.54) is 11.3 Å². The molecule has 0 spiro atoms. The summed E-state index contributed by atoms with van der Waals surface area (Å²) in [6.07, 6.45) is 0.304. The van der Waals surface area contributed by atoms with E-state index in [4.69, 9.17) is 5.73 Å². The minimum absolute atomic E-state index is 0.119. The Kier molecular flexibility index (Phi) is 3.32. The molecule has 0 aliphatic rings. The van der Waals surface area contributed by atoms with Crippen molar-refractivity contribution in [2.75, 3.05) is 5.32 Å². The first-order chi connectivity index (χ1) is 6.08. The molecule has 0 fully saturated rings. The summed E-state index contributed by atoms with van der Waals surface area (Å²) in [6, 6.07) is -0.131. The molecule has 0 aliphatic carbocycles. The normalized spacial score (nSPS) is 12.5. The Labute approximate surface area is 80.4 Å². The smallest absolute Gasteiger partial charge is 0.227 e. The Bertz CT molecular complexity index is 296. The SMILES string of the molecule is Cc1nnc(NC(=O)CC(C)N)s1. The molecule has 1 amide bonds. The van der Waals surface area contributed by atoms with Gasteiger partial charge < -0.3 is 11.1 Å². The number of hydrogen-bond donors (Lipinski definition) is 2. The highest BCUT2D eigenvalue weighted by Gasteiger charge is 2.07. The molecule has 72 valence electrons. The van der Waals surface area contributed by atoms with Crippen LogP contribution in [0.25, 0.3) is 0 Å². The predicted molar refractivity (Wildman–Crippen MR) is 51.5 cm³/mol. The summed E-state index contributed by atoms with van der Waals surface area (Å²) in [5.74, 6) is -0.119. The monoisotopic (exact) mass is 200 g/mol. The molecule has 1 heterocycles. The van der Waals surface area contributed by atoms with Gasteiger partial charge in [-0.3, -0.25) is 4.79 Å². The van der Waals surface area contributed by atoms with Gasteiger partial charge in [0.25, 0.3) is 0 Å². The number of carbonyl (C=O) groups is 1. The van der Waals surface area contributed by atoms with Crippen molar-refractivity contribution in [2.45, 2.75) is 26.3 Å². The fraction of sp³-hybridized carbons (Fsp3) is 0.571. The van der Waals surface area contributed by atoms with Gasteiger partial charge in [0, 0.05) is 12.5 Å². The first-order valence-corrected chi connectivity index (χ1v) is 4.75. The number of anilines is 1. The second-order valence-corrected chi connectivity index (χ2v) is 4.04. The molecule has 1 aromatic rings. The maximum absolute atomic E-state index is 11.2. The van der Waals surface area contributed by atoms with Crippen LogP contribution in [0.2, 0.25) is 0 Å². The van der Waals surface area contributed by atoms with Crippen molar-refractivity contribution in [3.63, 3.8) is 0 Å². The van der Waals surface area contributed by atoms with Crippen molar-refractivity contribution in [3.05, 3.63) is 5.01 Å². The number of nitrogens with two attached hydrogens (primary N) is 1. The number of nitrogens with one attached hydrogen (secondary N) is 1. The molecule has 13 heavy (non-hydrogen) atoms. The zero-order valence-electron chi connectivity index (χ0n) is 7.57. The summed E-state index contributed by atoms with van der Waals surface area (Å²) in [5, 5.41) is 11.5. The lowest BCUT2D eigenvalue weighted by Gasteiger charge is -2.02. The lowest BCUT2D eigenvalue weighted by molar-refractivity contribution is -0.116. The van der Waals surface area contributed by atoms with Crippen LogP contribution in [-0.4, -0.2) is 22.1 Å². The van der Waals surface area contributed by atoms with Crippen molar-refractivity contribution < 1.29 is 4.79 Å². The molecular weight excluding hydrogens is 188 g/mol. The van der Waals surface area contributed by atoms with E-state index in [2.05, 4.69) is 15.5 Å². The highest BCUT2D eigenvalue weighted by molar-refractivity contribution is 7.15. The molecule has 5 nitrogen and oxygen atoms in total. The zero-order valence-corrected chi connectivity index (χ0v) is 8.39. The largest absolute Gasteiger partial charge is 0.327 e. The Morgan fingerprint density at radius 2 is 2.38 bits per heavy atom. The van der Waals surface area contributed by atoms with E-state index in [1.54, 1.807) is 6.92 Å². The molecule has 0 saturated carbocycles. The van der Waals surface area contributed by atoms with Gasteiger partial charge in [-0.15, -0.1) is 10.2 Å². The van der Waals surface area contributed by atoms with E-state index in [1.807, 2.05) is 6.92 Å². The second-order valence-electron chi connectivity index (χ2n) is 2.86. The Balaban J connectivity index is 2.45. The van der Waals surface area contributed by atoms with Crippen LogP contribution >= 0.6 is 11.3 Å². The number of hydrogen-bond acceptors (Lipinski definition) is 5. The molecule has 1 atom stereocenters. The molecule has 1 unspecified atom stereocenters. The van der Waals surface area contributed by atoms with Gasteiger partial charge in [-0.2, -0.15) is 0 Å². The molecule has 6 heteroatoms. The van der Waals surface area contributed by atoms with E-state index in [-0.39, 0.29) is 11.9 Å². The van der Waals surface area contributed by atoms with E-state index >= 15 is 0 Å². The quantitative estimate of drug-likeness (QED) is 0.745. The zero-order chi connectivity index (χ0) is 9.84. The molecule has 0 aliphatic heterocycles. The third kappa shape index (κ3) is 3.47. The summed E-state index contributed by atoms with van der Waals surface area (Å²) < 4.78 is 0. The molecule has 0 saturated heterocycles. The van der Waals surface area contributed by atoms with E-state index in [0.29, 0.717) is 11.6 Å². The summed E-state index contributed by atoms with van der Waals surface area (Å²) in [6.45, 7) is 3.61. The van der Waals surface area contributed by atoms with Crippen LogP contribution in [0.3, 0.4) is 0 Å². The number of aromatic nitrogens is 2. The number of nitrogens with zero attached hydrogens (tertiary/aromatic N) is 2. The van der Waals surface area contributed by atoms with Crippen LogP contribution < -0.4 is 11.1 Å². The van der Waals surface area contributed by atoms with E-state index in [0.717, 1.165) is 5.01 Å². The van der Waals surface area contributed by atoms with Crippen molar-refractivity contribution in [3.8, 4) is 0 Å². The van der Waals surface area contributed by atoms with Gasteiger partial charge in [-0.1, -0.05) is 11.3 Å². The molecule has 0 aromatic carbocycles. The minimum atomic E-state index is -0.131. The topological polar surface area (TPSA) is 80.9 Å². The Morgan fingerprint density at radius 3 is 2.85 bits per heavy atom. The van der Waals surface area contributed by atoms with Crippen molar-refractivity contribution in [2.24, 2.45) is 5.73 Å². The van der Waals surface area contributed by atoms with Crippen LogP contribution in [0.4, 0.5) is 5.13 Å². The predicted octanol–water partition coefficient (Wildman–Crippen LogP) is 0.522. The second kappa shape index (κ2) is 4.29. The molecule has 3 N–H and O–H groups in total. The Hall–Kier alpha value is -1.01. The summed E-state index contributed by atoms with van der Waals surface area (Å²) >= 11 is 1.35. The average molecular weight is 200 g/mol. The summed E-state index contributed by atoms with van der Waals surface area (Å²) in [7, 11) is 0. The molecule has 1 aromatic heterocycles. The molecule has 1 rings (SSSR count). The lowest BCUT2D eigenvalue weighted by atomic mass is 10.2. The van der Waals surface area contributed by atoms with E-state index < -0.39 is 0 Å². The fourth-order valence-electron chi connectivity index (χ4n) is 0.810. The highest BCUT2D eigenvalue weighted by atomic mass is 32.1. The van der Waals surface area contributed by atoms with Crippen LogP contribution in [0.15, 0.2) is 0 Å². The Morgan fingerprint density at radius 1 is 1.69 bits per heavy atom. The molecule has 0 bridgehead atoms. The third-order valence-electron chi connectivity index (χ3n) is 1.28. The van der Waals surface area contributed by atoms with Crippen LogP contribution in [-0.2, 0) is 4.79 Å². The van der Waals surface area contributed by atoms with Gasteiger partial charge in [-0.25, -0.2) is 0 Å². The first kappa shape index (κ1) is 10.1. The number of rotatable bonds is 3. The number of aryl methyl sites for hydroxylation is 1. The highest BCUT2D eigenvalue weighted by Crippen LogP contribution is 2.13. The van der Waals surface area contributed by atoms with Gasteiger partial charge >= 0.3 is 0 Å². The maximum Gasteiger partial charge on any atom is 0.227 e.